The molecular formula is C27H31O16+. The van der Waals surface area contributed by atoms with Gasteiger partial charge in [-0.1, -0.05) is 0 Å². The molecule has 16 nitrogen and oxygen atoms in total. The van der Waals surface area contributed by atoms with Crippen molar-refractivity contribution in [3.63, 3.8) is 0 Å². The first kappa shape index (κ1) is 30.7. The number of phenols is 4. The topological polar surface area (TPSA) is 260 Å². The Morgan fingerprint density at radius 2 is 1.58 bits per heavy atom. The van der Waals surface area contributed by atoms with Crippen LogP contribution in [0.1, 0.15) is 0 Å². The molecule has 0 bridgehead atoms. The molecule has 3 heterocycles. The molecule has 5 rings (SSSR count). The lowest BCUT2D eigenvalue weighted by molar-refractivity contribution is -0.344. The third-order valence-corrected chi connectivity index (χ3v) is 7.17. The molecule has 16 heteroatoms. The summed E-state index contributed by atoms with van der Waals surface area (Å²) in [4.78, 5) is 0. The Bertz CT molecular complexity index is 1460. The van der Waals surface area contributed by atoms with Crippen LogP contribution in [0.2, 0.25) is 0 Å². The van der Waals surface area contributed by atoms with E-state index >= 15 is 0 Å². The van der Waals surface area contributed by atoms with E-state index in [-0.39, 0.29) is 39.5 Å². The van der Waals surface area contributed by atoms with Crippen molar-refractivity contribution in [2.45, 2.75) is 55.3 Å². The molecule has 0 saturated carbocycles. The van der Waals surface area contributed by atoms with Gasteiger partial charge in [-0.25, -0.2) is 4.42 Å². The first-order chi connectivity index (χ1) is 20.4. The Labute approximate surface area is 242 Å². The van der Waals surface area contributed by atoms with Gasteiger partial charge in [0.2, 0.25) is 17.8 Å². The highest BCUT2D eigenvalue weighted by Crippen LogP contribution is 2.45. The number of hydrogen-bond donors (Lipinski definition) is 10. The Hall–Kier alpha value is -3.71. The van der Waals surface area contributed by atoms with Gasteiger partial charge in [-0.05, 0) is 0 Å². The van der Waals surface area contributed by atoms with Gasteiger partial charge in [-0.3, -0.25) is 0 Å². The van der Waals surface area contributed by atoms with Crippen LogP contribution in [0.15, 0.2) is 34.7 Å². The van der Waals surface area contributed by atoms with Crippen LogP contribution in [-0.2, 0) is 14.2 Å². The van der Waals surface area contributed by atoms with E-state index in [0.29, 0.717) is 0 Å². The minimum absolute atomic E-state index is 0.0298. The average Bonchev–Trinajstić information content (AvgIpc) is 2.97. The minimum Gasteiger partial charge on any atom is -0.507 e. The van der Waals surface area contributed by atoms with Gasteiger partial charge in [0.1, 0.15) is 53.5 Å². The van der Waals surface area contributed by atoms with E-state index in [1.54, 1.807) is 0 Å². The fourth-order valence-corrected chi connectivity index (χ4v) is 4.83. The molecule has 2 saturated heterocycles. The number of phenolic OH excluding ortho intramolecular Hbond substituents is 4. The zero-order chi connectivity index (χ0) is 31.2. The van der Waals surface area contributed by atoms with Crippen LogP contribution in [0.4, 0.5) is 0 Å². The monoisotopic (exact) mass is 611 g/mol. The van der Waals surface area contributed by atoms with Gasteiger partial charge in [-0.15, -0.1) is 0 Å². The molecule has 3 aromatic rings. The quantitative estimate of drug-likeness (QED) is 0.112. The summed E-state index contributed by atoms with van der Waals surface area (Å²) in [7, 11) is 1.24. The Balaban J connectivity index is 1.60. The van der Waals surface area contributed by atoms with Gasteiger partial charge in [0.05, 0.1) is 32.0 Å². The Morgan fingerprint density at radius 1 is 0.837 bits per heavy atom. The zero-order valence-electron chi connectivity index (χ0n) is 22.4. The average molecular weight is 612 g/mol. The van der Waals surface area contributed by atoms with Crippen LogP contribution < -0.4 is 9.47 Å². The molecule has 10 N–H and O–H groups in total. The standard InChI is InChI=1S/C27H30O16/c1-38-16-3-9(2-13(31)19(16)33)24-17(6-11-12(30)4-10(29)5-15(11)40-24)41-27-25(22(36)21(35)18(7-28)42-27)43-26-23(37)20(34)14(32)8-39-26/h2-6,14,18,20-23,25-28,32,34-37H,7-8H2,1H3,(H3-,29,30,31,33)/p+1/t14-,18?,20+,21-,22+,23?,25?,26+,27-/m1/s1. The summed E-state index contributed by atoms with van der Waals surface area (Å²) in [5.74, 6) is -2.52. The van der Waals surface area contributed by atoms with Crippen molar-refractivity contribution in [3.05, 3.63) is 30.3 Å². The van der Waals surface area contributed by atoms with Crippen molar-refractivity contribution >= 4 is 11.0 Å². The second-order valence-electron chi connectivity index (χ2n) is 10.0. The van der Waals surface area contributed by atoms with E-state index in [0.717, 1.165) is 12.1 Å². The molecule has 2 aliphatic heterocycles. The van der Waals surface area contributed by atoms with Crippen molar-refractivity contribution in [3.8, 4) is 45.8 Å². The first-order valence-corrected chi connectivity index (χ1v) is 13.0. The summed E-state index contributed by atoms with van der Waals surface area (Å²) >= 11 is 0. The summed E-state index contributed by atoms with van der Waals surface area (Å²) in [6.07, 6.45) is -14.8. The number of aliphatic hydroxyl groups is 6. The Morgan fingerprint density at radius 3 is 2.28 bits per heavy atom. The molecule has 3 unspecified atom stereocenters. The molecule has 2 aromatic carbocycles. The highest BCUT2D eigenvalue weighted by molar-refractivity contribution is 5.88. The molecule has 0 aliphatic carbocycles. The van der Waals surface area contributed by atoms with Crippen molar-refractivity contribution in [1.82, 2.24) is 0 Å². The van der Waals surface area contributed by atoms with E-state index in [1.165, 1.54) is 25.3 Å². The third kappa shape index (κ3) is 5.79. The van der Waals surface area contributed by atoms with E-state index in [9.17, 15) is 51.1 Å². The second-order valence-corrected chi connectivity index (χ2v) is 10.0. The molecule has 234 valence electrons. The number of aromatic hydroxyl groups is 4. The van der Waals surface area contributed by atoms with E-state index in [4.69, 9.17) is 28.1 Å². The van der Waals surface area contributed by atoms with E-state index in [1.807, 2.05) is 0 Å². The molecule has 1 aromatic heterocycles. The van der Waals surface area contributed by atoms with Crippen molar-refractivity contribution in [1.29, 1.82) is 0 Å². The lowest BCUT2D eigenvalue weighted by atomic mass is 9.98. The summed E-state index contributed by atoms with van der Waals surface area (Å²) in [5.41, 5.74) is 0.0151. The third-order valence-electron chi connectivity index (χ3n) is 7.17. The molecule has 0 spiro atoms. The maximum atomic E-state index is 10.9. The van der Waals surface area contributed by atoms with Crippen LogP contribution in [-0.4, -0.2) is 127 Å². The predicted octanol–water partition coefficient (Wildman–Crippen LogP) is -1.15. The number of rotatable bonds is 7. The minimum atomic E-state index is -1.82. The smallest absolute Gasteiger partial charge is 0.402 e. The van der Waals surface area contributed by atoms with Crippen molar-refractivity contribution in [2.24, 2.45) is 0 Å². The molecular weight excluding hydrogens is 580 g/mol. The molecule has 2 fully saturated rings. The second kappa shape index (κ2) is 12.1. The lowest BCUT2D eigenvalue weighted by Crippen LogP contribution is -2.63. The molecule has 9 atom stereocenters. The van der Waals surface area contributed by atoms with Crippen LogP contribution in [0.5, 0.6) is 34.5 Å². The zero-order valence-corrected chi connectivity index (χ0v) is 22.4. The van der Waals surface area contributed by atoms with Gasteiger partial charge in [0, 0.05) is 24.3 Å². The van der Waals surface area contributed by atoms with Gasteiger partial charge in [-0.2, -0.15) is 0 Å². The molecule has 0 radical (unpaired) electrons. The van der Waals surface area contributed by atoms with Crippen LogP contribution >= 0.6 is 0 Å². The SMILES string of the molecule is COc1cc(-c2[o+]c3cc(O)cc(O)c3cc2O[C@@H]2OC(CO)[C@@H](O)[C@H](O)C2O[C@@H]2OC[C@@H](O)[C@H](O)C2O)cc(O)c1O. The van der Waals surface area contributed by atoms with Gasteiger partial charge < -0.3 is 74.7 Å². The fourth-order valence-electron chi connectivity index (χ4n) is 4.83. The van der Waals surface area contributed by atoms with Crippen molar-refractivity contribution in [2.75, 3.05) is 20.3 Å². The van der Waals surface area contributed by atoms with Gasteiger partial charge in [0.15, 0.2) is 23.9 Å². The summed E-state index contributed by atoms with van der Waals surface area (Å²) < 4.78 is 33.7. The highest BCUT2D eigenvalue weighted by atomic mass is 16.8. The number of aliphatic hydroxyl groups excluding tert-OH is 6. The highest BCUT2D eigenvalue weighted by Gasteiger charge is 2.50. The van der Waals surface area contributed by atoms with Crippen LogP contribution in [0, 0.1) is 0 Å². The normalized spacial score (nSPS) is 31.2. The fraction of sp³-hybridized carbons (Fsp3) is 0.444. The van der Waals surface area contributed by atoms with Gasteiger partial charge >= 0.3 is 11.3 Å². The summed E-state index contributed by atoms with van der Waals surface area (Å²) in [5, 5.41) is 102. The number of methoxy groups -OCH3 is 1. The van der Waals surface area contributed by atoms with Crippen molar-refractivity contribution < 1.29 is 79.2 Å². The number of fused-ring (bicyclic) bond motifs is 1. The molecule has 2 aliphatic rings. The lowest BCUT2D eigenvalue weighted by Gasteiger charge is -2.44. The Kier molecular flexibility index (Phi) is 8.66. The maximum Gasteiger partial charge on any atom is 0.402 e. The summed E-state index contributed by atoms with van der Waals surface area (Å²) in [6, 6.07) is 5.85. The number of hydrogen-bond acceptors (Lipinski definition) is 15. The van der Waals surface area contributed by atoms with Gasteiger partial charge in [0.25, 0.3) is 0 Å². The van der Waals surface area contributed by atoms with Crippen LogP contribution in [0.25, 0.3) is 22.3 Å². The van der Waals surface area contributed by atoms with E-state index < -0.39 is 85.8 Å². The number of benzene rings is 2. The largest absolute Gasteiger partial charge is 0.507 e. The molecule has 43 heavy (non-hydrogen) atoms. The first-order valence-electron chi connectivity index (χ1n) is 13.0. The number of ether oxygens (including phenoxy) is 5. The maximum absolute atomic E-state index is 10.9. The van der Waals surface area contributed by atoms with E-state index in [2.05, 4.69) is 0 Å². The summed E-state index contributed by atoms with van der Waals surface area (Å²) in [6.45, 7) is -1.21. The predicted molar refractivity (Wildman–Crippen MR) is 140 cm³/mol. The van der Waals surface area contributed by atoms with Crippen LogP contribution in [0.3, 0.4) is 0 Å². The molecule has 0 amide bonds.